The Labute approximate surface area is 222 Å². The van der Waals surface area contributed by atoms with Gasteiger partial charge in [-0.25, -0.2) is 9.97 Å². The second-order valence-corrected chi connectivity index (χ2v) is 10.6. The predicted molar refractivity (Wildman–Crippen MR) is 142 cm³/mol. The van der Waals surface area contributed by atoms with Crippen molar-refractivity contribution in [3.05, 3.63) is 51.2 Å². The molecule has 6 rings (SSSR count). The normalized spacial score (nSPS) is 14.0. The number of furan rings is 1. The number of carbonyl (C=O) groups is 1. The van der Waals surface area contributed by atoms with Crippen molar-refractivity contribution in [2.75, 3.05) is 49.7 Å². The number of nitrogens with two attached hydrogens (primary N) is 1. The number of ether oxygens (including phenoxy) is 1. The van der Waals surface area contributed by atoms with E-state index >= 15 is 0 Å². The number of hydrogen-bond donors (Lipinski definition) is 3. The fraction of sp³-hybridized carbons (Fsp3) is 0.304. The third-order valence-corrected chi connectivity index (χ3v) is 8.27. The van der Waals surface area contributed by atoms with Crippen LogP contribution in [0.5, 0.6) is 0 Å². The lowest BCUT2D eigenvalue weighted by atomic mass is 10.1. The molecule has 1 amide bonds. The Morgan fingerprint density at radius 2 is 2.11 bits per heavy atom. The summed E-state index contributed by atoms with van der Waals surface area (Å²) in [4.78, 5) is 37.3. The summed E-state index contributed by atoms with van der Waals surface area (Å²) in [5.41, 5.74) is 7.39. The van der Waals surface area contributed by atoms with E-state index in [2.05, 4.69) is 30.4 Å². The molecule has 0 radical (unpaired) electrons. The van der Waals surface area contributed by atoms with Crippen LogP contribution in [0.2, 0.25) is 0 Å². The third kappa shape index (κ3) is 4.38. The number of fused-ring (bicyclic) bond motifs is 2. The zero-order valence-electron chi connectivity index (χ0n) is 19.9. The minimum absolute atomic E-state index is 0.103. The fourth-order valence-corrected chi connectivity index (χ4v) is 6.47. The van der Waals surface area contributed by atoms with E-state index in [1.54, 1.807) is 18.5 Å². The number of anilines is 2. The first-order chi connectivity index (χ1) is 18.5. The van der Waals surface area contributed by atoms with Crippen molar-refractivity contribution in [3.63, 3.8) is 0 Å². The first kappa shape index (κ1) is 24.4. The van der Waals surface area contributed by atoms with Crippen LogP contribution >= 0.6 is 22.7 Å². The van der Waals surface area contributed by atoms with Gasteiger partial charge in [0.15, 0.2) is 11.2 Å². The summed E-state index contributed by atoms with van der Waals surface area (Å²) in [6.45, 7) is 2.82. The molecule has 196 valence electrons. The summed E-state index contributed by atoms with van der Waals surface area (Å²) in [6, 6.07) is 1.61. The van der Waals surface area contributed by atoms with Crippen molar-refractivity contribution in [3.8, 4) is 10.6 Å². The second kappa shape index (κ2) is 10.1. The highest BCUT2D eigenvalue weighted by molar-refractivity contribution is 7.23. The molecule has 4 N–H and O–H groups in total. The van der Waals surface area contributed by atoms with Crippen molar-refractivity contribution >= 4 is 55.5 Å². The maximum Gasteiger partial charge on any atom is 0.254 e. The molecule has 5 aromatic heterocycles. The molecule has 0 saturated carbocycles. The average Bonchev–Trinajstić information content (AvgIpc) is 3.67. The fourth-order valence-electron chi connectivity index (χ4n) is 4.30. The van der Waals surface area contributed by atoms with Crippen LogP contribution in [-0.2, 0) is 11.2 Å². The standard InChI is InChI=1S/C23H22N8O5S2/c24-20(34)17-14(28-23(25-1-4-32)31-11-27-29-21(17)31)7-12-9-26-22(37-12)13-10-36-18-15(33)8-16(38-19(13)18)30-2-5-35-6-3-30/h8-11,32H,1-7H2,(H2,24,34)(H,25,28). The molecular weight excluding hydrogens is 532 g/mol. The Balaban J connectivity index is 1.36. The topological polar surface area (TPSA) is 174 Å². The van der Waals surface area contributed by atoms with Crippen LogP contribution in [0, 0.1) is 0 Å². The number of nitrogens with one attached hydrogen (secondary N) is 1. The molecule has 6 heterocycles. The van der Waals surface area contributed by atoms with Crippen molar-refractivity contribution in [1.29, 1.82) is 0 Å². The highest BCUT2D eigenvalue weighted by Crippen LogP contribution is 2.38. The van der Waals surface area contributed by atoms with Crippen LogP contribution in [0.25, 0.3) is 26.5 Å². The van der Waals surface area contributed by atoms with Crippen molar-refractivity contribution in [2.24, 2.45) is 5.73 Å². The van der Waals surface area contributed by atoms with E-state index in [1.807, 2.05) is 0 Å². The molecule has 0 aromatic carbocycles. The zero-order chi connectivity index (χ0) is 26.2. The molecule has 0 spiro atoms. The number of nitrogens with zero attached hydrogens (tertiary/aromatic N) is 6. The third-order valence-electron chi connectivity index (χ3n) is 6.05. The van der Waals surface area contributed by atoms with Crippen LogP contribution in [0.1, 0.15) is 20.9 Å². The number of aliphatic hydroxyl groups excluding tert-OH is 1. The van der Waals surface area contributed by atoms with E-state index < -0.39 is 5.91 Å². The number of hydrogen-bond acceptors (Lipinski definition) is 13. The first-order valence-electron chi connectivity index (χ1n) is 11.7. The van der Waals surface area contributed by atoms with Crippen LogP contribution in [0.15, 0.2) is 34.1 Å². The van der Waals surface area contributed by atoms with Crippen molar-refractivity contribution in [2.45, 2.75) is 6.42 Å². The Morgan fingerprint density at radius 3 is 2.89 bits per heavy atom. The molecular formula is C23H22N8O5S2. The van der Waals surface area contributed by atoms with E-state index in [0.29, 0.717) is 35.4 Å². The molecule has 15 heteroatoms. The van der Waals surface area contributed by atoms with Gasteiger partial charge in [0.1, 0.15) is 23.2 Å². The van der Waals surface area contributed by atoms with Gasteiger partial charge in [0.05, 0.1) is 40.8 Å². The average molecular weight is 555 g/mol. The monoisotopic (exact) mass is 554 g/mol. The number of carbonyl (C=O) groups excluding carboxylic acids is 1. The predicted octanol–water partition coefficient (Wildman–Crippen LogP) is 1.35. The van der Waals surface area contributed by atoms with Gasteiger partial charge >= 0.3 is 0 Å². The van der Waals surface area contributed by atoms with Crippen LogP contribution in [0.4, 0.5) is 10.9 Å². The molecule has 5 aromatic rings. The molecule has 1 aliphatic heterocycles. The van der Waals surface area contributed by atoms with Gasteiger partial charge in [-0.1, -0.05) is 0 Å². The molecule has 0 aliphatic carbocycles. The maximum atomic E-state index is 12.8. The lowest BCUT2D eigenvalue weighted by Gasteiger charge is -2.27. The molecule has 0 atom stereocenters. The number of rotatable bonds is 8. The number of thiazole rings is 1. The van der Waals surface area contributed by atoms with Gasteiger partial charge in [-0.3, -0.25) is 14.0 Å². The van der Waals surface area contributed by atoms with Gasteiger partial charge in [-0.15, -0.1) is 32.9 Å². The number of morpholine rings is 1. The Morgan fingerprint density at radius 1 is 1.26 bits per heavy atom. The minimum atomic E-state index is -0.676. The summed E-state index contributed by atoms with van der Waals surface area (Å²) >= 11 is 2.89. The Kier molecular flexibility index (Phi) is 6.49. The molecule has 0 bridgehead atoms. The largest absolute Gasteiger partial charge is 0.459 e. The van der Waals surface area contributed by atoms with E-state index in [1.165, 1.54) is 33.4 Å². The quantitative estimate of drug-likeness (QED) is 0.252. The van der Waals surface area contributed by atoms with Crippen LogP contribution in [0.3, 0.4) is 0 Å². The Hall–Kier alpha value is -3.92. The van der Waals surface area contributed by atoms with Gasteiger partial charge < -0.3 is 30.2 Å². The van der Waals surface area contributed by atoms with Gasteiger partial charge in [0.2, 0.25) is 11.4 Å². The lowest BCUT2D eigenvalue weighted by molar-refractivity contribution is 0.1000. The second-order valence-electron chi connectivity index (χ2n) is 8.46. The SMILES string of the molecule is NC(=O)c1c(Cc2cnc(-c3coc4c(=O)cc(N5CCOCC5)sc34)s2)nc(NCCO)n2cnnc12. The number of aromatic nitrogens is 5. The van der Waals surface area contributed by atoms with Crippen molar-refractivity contribution in [1.82, 2.24) is 24.6 Å². The molecule has 1 saturated heterocycles. The number of primary amides is 1. The number of aliphatic hydroxyl groups is 1. The smallest absolute Gasteiger partial charge is 0.254 e. The summed E-state index contributed by atoms with van der Waals surface area (Å²) in [6.07, 6.45) is 4.94. The van der Waals surface area contributed by atoms with Gasteiger partial charge in [0.25, 0.3) is 5.91 Å². The number of amides is 1. The van der Waals surface area contributed by atoms with E-state index in [0.717, 1.165) is 33.2 Å². The first-order valence-corrected chi connectivity index (χ1v) is 13.4. The molecule has 0 unspecified atom stereocenters. The zero-order valence-corrected chi connectivity index (χ0v) is 21.5. The molecule has 1 fully saturated rings. The summed E-state index contributed by atoms with van der Waals surface area (Å²) in [5, 5.41) is 21.7. The van der Waals surface area contributed by atoms with E-state index in [-0.39, 0.29) is 36.2 Å². The summed E-state index contributed by atoms with van der Waals surface area (Å²) < 4.78 is 13.3. The van der Waals surface area contributed by atoms with E-state index in [9.17, 15) is 14.7 Å². The van der Waals surface area contributed by atoms with Crippen LogP contribution in [-0.4, -0.2) is 75.0 Å². The highest BCUT2D eigenvalue weighted by Gasteiger charge is 2.23. The van der Waals surface area contributed by atoms with Gasteiger partial charge in [0, 0.05) is 43.2 Å². The summed E-state index contributed by atoms with van der Waals surface area (Å²) in [7, 11) is 0. The molecule has 1 aliphatic rings. The Bertz CT molecular complexity index is 1700. The highest BCUT2D eigenvalue weighted by atomic mass is 32.1. The van der Waals surface area contributed by atoms with Crippen LogP contribution < -0.4 is 21.4 Å². The molecule has 38 heavy (non-hydrogen) atoms. The summed E-state index contributed by atoms with van der Waals surface area (Å²) in [5.74, 6) is -0.296. The molecule has 13 nitrogen and oxygen atoms in total. The van der Waals surface area contributed by atoms with Gasteiger partial charge in [-0.05, 0) is 0 Å². The maximum absolute atomic E-state index is 12.8. The lowest BCUT2D eigenvalue weighted by Crippen LogP contribution is -2.36. The van der Waals surface area contributed by atoms with Gasteiger partial charge in [-0.2, -0.15) is 0 Å². The van der Waals surface area contributed by atoms with Crippen molar-refractivity contribution < 1.29 is 19.1 Å². The van der Waals surface area contributed by atoms with E-state index in [4.69, 9.17) is 14.9 Å². The minimum Gasteiger partial charge on any atom is -0.459 e.